The Morgan fingerprint density at radius 2 is 2.05 bits per heavy atom. The van der Waals surface area contributed by atoms with Gasteiger partial charge in [-0.25, -0.2) is 4.39 Å². The van der Waals surface area contributed by atoms with Crippen LogP contribution in [0.4, 0.5) is 4.39 Å². The third-order valence-electron chi connectivity index (χ3n) is 3.56. The number of methoxy groups -OCH3 is 1. The topological polar surface area (TPSA) is 21.3 Å². The van der Waals surface area contributed by atoms with E-state index < -0.39 is 0 Å². The number of hydrogen-bond acceptors (Lipinski definition) is 2. The zero-order valence-electron chi connectivity index (χ0n) is 12.8. The van der Waals surface area contributed by atoms with Crippen LogP contribution in [0.2, 0.25) is 5.02 Å². The Hall–Kier alpha value is -0.640. The zero-order chi connectivity index (χ0) is 15.2. The molecule has 0 saturated carbocycles. The molecule has 0 saturated heterocycles. The minimum absolute atomic E-state index is 0.149. The number of halogens is 2. The van der Waals surface area contributed by atoms with Gasteiger partial charge >= 0.3 is 0 Å². The largest absolute Gasteiger partial charge is 0.383 e. The minimum atomic E-state index is -0.343. The summed E-state index contributed by atoms with van der Waals surface area (Å²) < 4.78 is 18.5. The number of benzene rings is 1. The van der Waals surface area contributed by atoms with Gasteiger partial charge in [0.2, 0.25) is 0 Å². The van der Waals surface area contributed by atoms with Crippen LogP contribution in [0.1, 0.15) is 26.3 Å². The maximum atomic E-state index is 13.5. The molecule has 0 spiro atoms. The molecule has 1 N–H and O–H groups in total. The van der Waals surface area contributed by atoms with Gasteiger partial charge in [-0.05, 0) is 42.0 Å². The van der Waals surface area contributed by atoms with Crippen molar-refractivity contribution in [1.82, 2.24) is 5.32 Å². The first kappa shape index (κ1) is 17.4. The molecule has 0 amide bonds. The van der Waals surface area contributed by atoms with E-state index in [0.29, 0.717) is 12.5 Å². The first-order valence-corrected chi connectivity index (χ1v) is 7.36. The van der Waals surface area contributed by atoms with E-state index in [1.54, 1.807) is 13.2 Å². The molecule has 2 nitrogen and oxygen atoms in total. The van der Waals surface area contributed by atoms with Crippen molar-refractivity contribution in [3.63, 3.8) is 0 Å². The Labute approximate surface area is 126 Å². The van der Waals surface area contributed by atoms with Crippen LogP contribution in [0.25, 0.3) is 0 Å². The molecule has 0 bridgehead atoms. The van der Waals surface area contributed by atoms with Gasteiger partial charge in [0.1, 0.15) is 5.82 Å². The van der Waals surface area contributed by atoms with Gasteiger partial charge in [-0.2, -0.15) is 0 Å². The maximum absolute atomic E-state index is 13.5. The van der Waals surface area contributed by atoms with Crippen molar-refractivity contribution in [3.05, 3.63) is 34.6 Å². The van der Waals surface area contributed by atoms with E-state index in [1.165, 1.54) is 6.07 Å². The summed E-state index contributed by atoms with van der Waals surface area (Å²) >= 11 is 5.72. The zero-order valence-corrected chi connectivity index (χ0v) is 13.6. The molecule has 1 atom stereocenters. The Bertz CT molecular complexity index is 417. The van der Waals surface area contributed by atoms with Crippen molar-refractivity contribution >= 4 is 11.6 Å². The number of hydrogen-bond donors (Lipinski definition) is 1. The van der Waals surface area contributed by atoms with E-state index in [4.69, 9.17) is 16.3 Å². The van der Waals surface area contributed by atoms with Gasteiger partial charge in [0, 0.05) is 13.7 Å². The highest BCUT2D eigenvalue weighted by atomic mass is 35.5. The van der Waals surface area contributed by atoms with Crippen molar-refractivity contribution < 1.29 is 9.13 Å². The van der Waals surface area contributed by atoms with Crippen molar-refractivity contribution in [1.29, 1.82) is 0 Å². The summed E-state index contributed by atoms with van der Waals surface area (Å²) in [6.45, 7) is 9.05. The predicted octanol–water partition coefficient (Wildman–Crippen LogP) is 3.92. The average Bonchev–Trinajstić information content (AvgIpc) is 2.36. The second-order valence-electron chi connectivity index (χ2n) is 6.21. The molecule has 0 aliphatic rings. The van der Waals surface area contributed by atoms with Gasteiger partial charge < -0.3 is 10.1 Å². The highest BCUT2D eigenvalue weighted by Crippen LogP contribution is 2.29. The number of rotatable bonds is 7. The Kier molecular flexibility index (Phi) is 6.93. The molecule has 1 rings (SSSR count). The summed E-state index contributed by atoms with van der Waals surface area (Å²) in [6, 6.07) is 5.07. The molecule has 0 aliphatic heterocycles. The van der Waals surface area contributed by atoms with Gasteiger partial charge in [0.25, 0.3) is 0 Å². The monoisotopic (exact) mass is 301 g/mol. The second-order valence-corrected chi connectivity index (χ2v) is 6.62. The second kappa shape index (κ2) is 7.96. The molecule has 0 aliphatic carbocycles. The van der Waals surface area contributed by atoms with Crippen LogP contribution in [0.5, 0.6) is 0 Å². The third-order valence-corrected chi connectivity index (χ3v) is 3.87. The predicted molar refractivity (Wildman–Crippen MR) is 82.8 cm³/mol. The summed E-state index contributed by atoms with van der Waals surface area (Å²) in [5.41, 5.74) is 1.14. The van der Waals surface area contributed by atoms with Crippen LogP contribution in [0.15, 0.2) is 18.2 Å². The lowest BCUT2D eigenvalue weighted by molar-refractivity contribution is 0.186. The molecule has 114 valence electrons. The minimum Gasteiger partial charge on any atom is -0.383 e. The van der Waals surface area contributed by atoms with E-state index in [2.05, 4.69) is 26.1 Å². The smallest absolute Gasteiger partial charge is 0.142 e. The third kappa shape index (κ3) is 5.78. The van der Waals surface area contributed by atoms with Gasteiger partial charge in [0.05, 0.1) is 11.6 Å². The molecule has 0 fully saturated rings. The van der Waals surface area contributed by atoms with Crippen molar-refractivity contribution in [2.24, 2.45) is 11.3 Å². The van der Waals surface area contributed by atoms with Crippen LogP contribution in [0, 0.1) is 17.2 Å². The van der Waals surface area contributed by atoms with Crippen molar-refractivity contribution in [2.45, 2.75) is 27.2 Å². The molecule has 20 heavy (non-hydrogen) atoms. The van der Waals surface area contributed by atoms with E-state index in [0.717, 1.165) is 25.1 Å². The van der Waals surface area contributed by atoms with Gasteiger partial charge in [-0.1, -0.05) is 38.4 Å². The summed E-state index contributed by atoms with van der Waals surface area (Å²) in [5.74, 6) is 0.0732. The van der Waals surface area contributed by atoms with E-state index in [9.17, 15) is 4.39 Å². The molecular formula is C16H25ClFNO. The molecule has 0 heterocycles. The molecule has 4 heteroatoms. The molecular weight excluding hydrogens is 277 g/mol. The summed E-state index contributed by atoms with van der Waals surface area (Å²) in [6.07, 6.45) is 0.831. The van der Waals surface area contributed by atoms with E-state index >= 15 is 0 Å². The van der Waals surface area contributed by atoms with Gasteiger partial charge in [-0.15, -0.1) is 0 Å². The number of ether oxygens (including phenoxy) is 1. The first-order chi connectivity index (χ1) is 9.34. The van der Waals surface area contributed by atoms with Crippen LogP contribution < -0.4 is 5.32 Å². The molecule has 0 aromatic heterocycles. The highest BCUT2D eigenvalue weighted by molar-refractivity contribution is 6.30. The number of nitrogens with one attached hydrogen (secondary N) is 1. The molecule has 1 aromatic carbocycles. The van der Waals surface area contributed by atoms with Crippen molar-refractivity contribution in [3.8, 4) is 0 Å². The lowest BCUT2D eigenvalue weighted by Gasteiger charge is -2.31. The van der Waals surface area contributed by atoms with Crippen LogP contribution in [-0.4, -0.2) is 26.8 Å². The summed E-state index contributed by atoms with van der Waals surface area (Å²) in [4.78, 5) is 0. The van der Waals surface area contributed by atoms with Crippen molar-refractivity contribution in [2.75, 3.05) is 26.8 Å². The summed E-state index contributed by atoms with van der Waals surface area (Å²) in [5, 5.41) is 3.57. The normalized spacial score (nSPS) is 13.5. The Morgan fingerprint density at radius 1 is 1.35 bits per heavy atom. The average molecular weight is 302 g/mol. The molecule has 1 unspecified atom stereocenters. The first-order valence-electron chi connectivity index (χ1n) is 6.98. The fourth-order valence-corrected chi connectivity index (χ4v) is 2.20. The van der Waals surface area contributed by atoms with Crippen LogP contribution in [0.3, 0.4) is 0 Å². The standard InChI is InChI=1S/C16H25ClFNO/c1-16(2,3)13(11-19-7-8-20-4)9-12-5-6-14(17)15(18)10-12/h5-6,10,13,19H,7-9,11H2,1-4H3. The lowest BCUT2D eigenvalue weighted by Crippen LogP contribution is -2.34. The SMILES string of the molecule is COCCNCC(Cc1ccc(Cl)c(F)c1)C(C)(C)C. The molecule has 1 aromatic rings. The Morgan fingerprint density at radius 3 is 2.60 bits per heavy atom. The van der Waals surface area contributed by atoms with E-state index in [1.807, 2.05) is 6.07 Å². The van der Waals surface area contributed by atoms with Crippen LogP contribution in [-0.2, 0) is 11.2 Å². The Balaban J connectivity index is 2.66. The fourth-order valence-electron chi connectivity index (χ4n) is 2.09. The fraction of sp³-hybridized carbons (Fsp3) is 0.625. The maximum Gasteiger partial charge on any atom is 0.142 e. The van der Waals surface area contributed by atoms with Crippen LogP contribution >= 0.6 is 11.6 Å². The summed E-state index contributed by atoms with van der Waals surface area (Å²) in [7, 11) is 1.69. The van der Waals surface area contributed by atoms with Gasteiger partial charge in [-0.3, -0.25) is 0 Å². The van der Waals surface area contributed by atoms with Gasteiger partial charge in [0.15, 0.2) is 0 Å². The highest BCUT2D eigenvalue weighted by Gasteiger charge is 2.24. The van der Waals surface area contributed by atoms with E-state index in [-0.39, 0.29) is 16.3 Å². The lowest BCUT2D eigenvalue weighted by atomic mass is 9.77. The quantitative estimate of drug-likeness (QED) is 0.771. The molecule has 0 radical (unpaired) electrons.